The first-order valence-corrected chi connectivity index (χ1v) is 9.06. The van der Waals surface area contributed by atoms with Gasteiger partial charge in [0.2, 0.25) is 0 Å². The molecule has 1 heterocycles. The summed E-state index contributed by atoms with van der Waals surface area (Å²) in [6.45, 7) is 2.21. The fourth-order valence-corrected chi connectivity index (χ4v) is 2.50. The van der Waals surface area contributed by atoms with Gasteiger partial charge in [0.1, 0.15) is 0 Å². The van der Waals surface area contributed by atoms with Gasteiger partial charge in [0.25, 0.3) is 0 Å². The summed E-state index contributed by atoms with van der Waals surface area (Å²) in [4.78, 5) is 15.3. The van der Waals surface area contributed by atoms with Crippen molar-refractivity contribution in [2.75, 3.05) is 44.4 Å². The fraction of sp³-hybridized carbons (Fsp3) is 0.350. The van der Waals surface area contributed by atoms with E-state index in [9.17, 15) is 4.79 Å². The van der Waals surface area contributed by atoms with E-state index < -0.39 is 0 Å². The molecule has 0 atom stereocenters. The minimum Gasteiger partial charge on any atom is -0.465 e. The maximum Gasteiger partial charge on any atom is 0.315 e. The van der Waals surface area contributed by atoms with Crippen LogP contribution in [0.2, 0.25) is 0 Å². The highest BCUT2D eigenvalue weighted by molar-refractivity contribution is 7.81. The lowest BCUT2D eigenvalue weighted by Crippen LogP contribution is -2.20. The highest BCUT2D eigenvalue weighted by atomic mass is 32.1. The Kier molecular flexibility index (Phi) is 7.67. The predicted molar refractivity (Wildman–Crippen MR) is 108 cm³/mol. The van der Waals surface area contributed by atoms with E-state index in [2.05, 4.69) is 84.2 Å². The van der Waals surface area contributed by atoms with Crippen LogP contribution in [-0.4, -0.2) is 50.4 Å². The average molecular weight is 359 g/mol. The van der Waals surface area contributed by atoms with Crippen LogP contribution in [0, 0.1) is 0 Å². The van der Waals surface area contributed by atoms with Crippen molar-refractivity contribution >= 4 is 30.4 Å². The molecule has 0 spiro atoms. The average Bonchev–Trinajstić information content (AvgIpc) is 2.64. The number of rotatable bonds is 8. The summed E-state index contributed by atoms with van der Waals surface area (Å²) < 4.78 is 5.03. The van der Waals surface area contributed by atoms with Gasteiger partial charge in [-0.2, -0.15) is 12.6 Å². The highest BCUT2D eigenvalue weighted by Crippen LogP contribution is 2.16. The van der Waals surface area contributed by atoms with E-state index in [1.165, 1.54) is 11.1 Å². The number of carbonyl (C=O) groups is 1. The molecule has 4 nitrogen and oxygen atoms in total. The summed E-state index contributed by atoms with van der Waals surface area (Å²) in [6.07, 6.45) is 11.5. The number of esters is 1. The van der Waals surface area contributed by atoms with Crippen LogP contribution in [0.3, 0.4) is 0 Å². The second-order valence-corrected chi connectivity index (χ2v) is 6.35. The molecule has 0 radical (unpaired) electrons. The van der Waals surface area contributed by atoms with Crippen molar-refractivity contribution in [3.63, 3.8) is 0 Å². The molecule has 1 aliphatic rings. The van der Waals surface area contributed by atoms with E-state index in [0.29, 0.717) is 6.61 Å². The Morgan fingerprint density at radius 3 is 2.72 bits per heavy atom. The zero-order chi connectivity index (χ0) is 18.1. The van der Waals surface area contributed by atoms with Crippen molar-refractivity contribution in [3.05, 3.63) is 59.8 Å². The van der Waals surface area contributed by atoms with Crippen molar-refractivity contribution in [2.45, 2.75) is 6.42 Å². The molecule has 0 amide bonds. The summed E-state index contributed by atoms with van der Waals surface area (Å²) in [6, 6.07) is 8.45. The first kappa shape index (κ1) is 19.2. The van der Waals surface area contributed by atoms with Crippen LogP contribution >= 0.6 is 12.6 Å². The van der Waals surface area contributed by atoms with E-state index in [4.69, 9.17) is 4.74 Å². The molecule has 134 valence electrons. The van der Waals surface area contributed by atoms with Gasteiger partial charge in [-0.1, -0.05) is 30.4 Å². The molecule has 0 bridgehead atoms. The lowest BCUT2D eigenvalue weighted by Gasteiger charge is -2.19. The summed E-state index contributed by atoms with van der Waals surface area (Å²) in [5.74, 6) is -0.134. The third-order valence-electron chi connectivity index (χ3n) is 3.97. The standard InChI is InChI=1S/C20H26N2O2S/c1-21-13-10-18(11-14-21)5-4-17-6-8-19(9-7-17)22(2)12-3-15-24-20(23)16-25/h4-11,13,25H,3,12,14-16H2,1-2H3/b5-4+. The van der Waals surface area contributed by atoms with Crippen LogP contribution in [0.5, 0.6) is 0 Å². The molecule has 25 heavy (non-hydrogen) atoms. The van der Waals surface area contributed by atoms with Crippen LogP contribution in [0.1, 0.15) is 12.0 Å². The molecule has 0 saturated carbocycles. The van der Waals surface area contributed by atoms with Gasteiger partial charge in [0.05, 0.1) is 12.4 Å². The Labute approximate surface area is 155 Å². The molecule has 0 unspecified atom stereocenters. The van der Waals surface area contributed by atoms with E-state index in [1.807, 2.05) is 7.05 Å². The first-order chi connectivity index (χ1) is 12.1. The number of likely N-dealkylation sites (N-methyl/N-ethyl adjacent to an activating group) is 1. The quantitative estimate of drug-likeness (QED) is 0.439. The Bertz CT molecular complexity index is 650. The van der Waals surface area contributed by atoms with Gasteiger partial charge in [-0.15, -0.1) is 0 Å². The summed E-state index contributed by atoms with van der Waals surface area (Å²) in [5, 5.41) is 0. The largest absolute Gasteiger partial charge is 0.465 e. The second kappa shape index (κ2) is 9.99. The summed E-state index contributed by atoms with van der Waals surface area (Å²) in [5.41, 5.74) is 3.55. The van der Waals surface area contributed by atoms with Gasteiger partial charge in [-0.05, 0) is 42.0 Å². The lowest BCUT2D eigenvalue weighted by molar-refractivity contribution is -0.140. The zero-order valence-corrected chi connectivity index (χ0v) is 15.8. The predicted octanol–water partition coefficient (Wildman–Crippen LogP) is 3.38. The molecule has 1 aromatic carbocycles. The van der Waals surface area contributed by atoms with Crippen LogP contribution < -0.4 is 4.90 Å². The van der Waals surface area contributed by atoms with Gasteiger partial charge >= 0.3 is 5.97 Å². The SMILES string of the molecule is CN1C=CC(/C=C/c2ccc(N(C)CCCOC(=O)CS)cc2)=CC1. The number of allylic oxidation sites excluding steroid dienone is 3. The minimum absolute atomic E-state index is 0.133. The minimum atomic E-state index is -0.267. The molecule has 0 aromatic heterocycles. The molecule has 0 fully saturated rings. The normalized spacial score (nSPS) is 13.9. The van der Waals surface area contributed by atoms with Crippen molar-refractivity contribution < 1.29 is 9.53 Å². The van der Waals surface area contributed by atoms with E-state index >= 15 is 0 Å². The van der Waals surface area contributed by atoms with Crippen molar-refractivity contribution in [1.29, 1.82) is 0 Å². The lowest BCUT2D eigenvalue weighted by atomic mass is 10.1. The number of ether oxygens (including phenoxy) is 1. The van der Waals surface area contributed by atoms with Gasteiger partial charge in [-0.25, -0.2) is 0 Å². The van der Waals surface area contributed by atoms with Crippen LogP contribution in [0.4, 0.5) is 5.69 Å². The topological polar surface area (TPSA) is 32.8 Å². The van der Waals surface area contributed by atoms with E-state index in [0.717, 1.165) is 25.2 Å². The van der Waals surface area contributed by atoms with E-state index in [1.54, 1.807) is 0 Å². The van der Waals surface area contributed by atoms with Crippen molar-refractivity contribution in [2.24, 2.45) is 0 Å². The zero-order valence-electron chi connectivity index (χ0n) is 14.9. The van der Waals surface area contributed by atoms with Gasteiger partial charge in [0.15, 0.2) is 0 Å². The summed E-state index contributed by atoms with van der Waals surface area (Å²) >= 11 is 3.88. The smallest absolute Gasteiger partial charge is 0.315 e. The second-order valence-electron chi connectivity index (χ2n) is 6.04. The monoisotopic (exact) mass is 358 g/mol. The number of nitrogens with zero attached hydrogens (tertiary/aromatic N) is 2. The first-order valence-electron chi connectivity index (χ1n) is 8.43. The molecular weight excluding hydrogens is 332 g/mol. The number of anilines is 1. The highest BCUT2D eigenvalue weighted by Gasteiger charge is 2.03. The maximum atomic E-state index is 11.0. The molecule has 0 saturated heterocycles. The van der Waals surface area contributed by atoms with Crippen LogP contribution in [0.25, 0.3) is 6.08 Å². The fourth-order valence-electron chi connectivity index (χ4n) is 2.41. The molecule has 1 aromatic rings. The van der Waals surface area contributed by atoms with Crippen molar-refractivity contribution in [3.8, 4) is 0 Å². The van der Waals surface area contributed by atoms with E-state index in [-0.39, 0.29) is 11.7 Å². The molecule has 0 N–H and O–H groups in total. The maximum absolute atomic E-state index is 11.0. The number of hydrogen-bond acceptors (Lipinski definition) is 5. The van der Waals surface area contributed by atoms with Crippen LogP contribution in [-0.2, 0) is 9.53 Å². The van der Waals surface area contributed by atoms with Gasteiger partial charge in [0, 0.05) is 32.9 Å². The van der Waals surface area contributed by atoms with Gasteiger partial charge in [-0.3, -0.25) is 4.79 Å². The van der Waals surface area contributed by atoms with Crippen molar-refractivity contribution in [1.82, 2.24) is 4.90 Å². The number of carbonyl (C=O) groups excluding carboxylic acids is 1. The Morgan fingerprint density at radius 2 is 2.08 bits per heavy atom. The Hall–Kier alpha value is -2.14. The Morgan fingerprint density at radius 1 is 1.32 bits per heavy atom. The molecule has 5 heteroatoms. The molecule has 0 aliphatic carbocycles. The number of benzene rings is 1. The third-order valence-corrected chi connectivity index (χ3v) is 4.23. The molecular formula is C20H26N2O2S. The molecule has 2 rings (SSSR count). The third kappa shape index (κ3) is 6.70. The molecule has 1 aliphatic heterocycles. The summed E-state index contributed by atoms with van der Waals surface area (Å²) in [7, 11) is 4.10. The van der Waals surface area contributed by atoms with Gasteiger partial charge < -0.3 is 14.5 Å². The van der Waals surface area contributed by atoms with Crippen LogP contribution in [0.15, 0.2) is 54.3 Å². The number of hydrogen-bond donors (Lipinski definition) is 1. The Balaban J connectivity index is 1.80. The number of thiol groups is 1.